The molecule has 0 radical (unpaired) electrons. The zero-order valence-corrected chi connectivity index (χ0v) is 13.2. The summed E-state index contributed by atoms with van der Waals surface area (Å²) in [6, 6.07) is 17.4. The molecular weight excluding hydrogens is 310 g/mol. The Morgan fingerprint density at radius 3 is 2.61 bits per heavy atom. The van der Waals surface area contributed by atoms with E-state index in [9.17, 15) is 4.79 Å². The summed E-state index contributed by atoms with van der Waals surface area (Å²) in [6.07, 6.45) is 3.32. The second kappa shape index (κ2) is 7.11. The lowest BCUT2D eigenvalue weighted by atomic mass is 10.2. The van der Waals surface area contributed by atoms with Gasteiger partial charge in [0, 0.05) is 17.8 Å². The largest absolute Gasteiger partial charge is 0.348 e. The van der Waals surface area contributed by atoms with Crippen LogP contribution in [0.25, 0.3) is 0 Å². The highest BCUT2D eigenvalue weighted by Gasteiger charge is 2.09. The number of aromatic nitrogens is 2. The average Bonchev–Trinajstić information content (AvgIpc) is 3.03. The van der Waals surface area contributed by atoms with E-state index in [4.69, 9.17) is 11.6 Å². The molecule has 0 spiro atoms. The molecule has 23 heavy (non-hydrogen) atoms. The van der Waals surface area contributed by atoms with Crippen molar-refractivity contribution in [2.45, 2.75) is 13.1 Å². The van der Waals surface area contributed by atoms with E-state index in [1.165, 1.54) is 0 Å². The van der Waals surface area contributed by atoms with E-state index in [0.29, 0.717) is 23.7 Å². The maximum absolute atomic E-state index is 12.2. The number of carbonyl (C=O) groups excluding carboxylic acids is 1. The third-order valence-electron chi connectivity index (χ3n) is 3.48. The number of nitrogens with zero attached hydrogens (tertiary/aromatic N) is 2. The summed E-state index contributed by atoms with van der Waals surface area (Å²) in [4.78, 5) is 12.2. The molecule has 0 saturated heterocycles. The minimum Gasteiger partial charge on any atom is -0.348 e. The Balaban J connectivity index is 1.61. The first kappa shape index (κ1) is 15.3. The topological polar surface area (TPSA) is 46.9 Å². The van der Waals surface area contributed by atoms with Gasteiger partial charge in [-0.1, -0.05) is 60.1 Å². The van der Waals surface area contributed by atoms with Gasteiger partial charge in [-0.3, -0.25) is 9.48 Å². The van der Waals surface area contributed by atoms with Crippen molar-refractivity contribution in [3.05, 3.63) is 88.7 Å². The smallest absolute Gasteiger partial charge is 0.254 e. The molecule has 0 aliphatic heterocycles. The summed E-state index contributed by atoms with van der Waals surface area (Å²) in [7, 11) is 0. The maximum atomic E-state index is 12.2. The summed E-state index contributed by atoms with van der Waals surface area (Å²) in [5.41, 5.74) is 2.56. The molecule has 5 heteroatoms. The number of amides is 1. The maximum Gasteiger partial charge on any atom is 0.254 e. The highest BCUT2D eigenvalue weighted by molar-refractivity contribution is 6.31. The Morgan fingerprint density at radius 2 is 1.83 bits per heavy atom. The fourth-order valence-corrected chi connectivity index (χ4v) is 2.46. The third-order valence-corrected chi connectivity index (χ3v) is 3.85. The van der Waals surface area contributed by atoms with Gasteiger partial charge in [0.25, 0.3) is 5.91 Å². The van der Waals surface area contributed by atoms with Gasteiger partial charge in [-0.2, -0.15) is 5.10 Å². The third kappa shape index (κ3) is 3.99. The van der Waals surface area contributed by atoms with Gasteiger partial charge in [-0.05, 0) is 17.2 Å². The Hall–Kier alpha value is -2.59. The van der Waals surface area contributed by atoms with Crippen LogP contribution in [0.1, 0.15) is 21.5 Å². The summed E-state index contributed by atoms with van der Waals surface area (Å²) in [5, 5.41) is 7.74. The molecule has 4 nitrogen and oxygen atoms in total. The highest BCUT2D eigenvalue weighted by atomic mass is 35.5. The molecule has 0 unspecified atom stereocenters. The minimum absolute atomic E-state index is 0.163. The number of hydrogen-bond acceptors (Lipinski definition) is 2. The van der Waals surface area contributed by atoms with Crippen molar-refractivity contribution in [1.29, 1.82) is 0 Å². The van der Waals surface area contributed by atoms with Crippen LogP contribution in [0.4, 0.5) is 0 Å². The number of benzene rings is 2. The van der Waals surface area contributed by atoms with Gasteiger partial charge >= 0.3 is 0 Å². The monoisotopic (exact) mass is 325 g/mol. The van der Waals surface area contributed by atoms with Gasteiger partial charge in [0.05, 0.1) is 18.3 Å². The van der Waals surface area contributed by atoms with Gasteiger partial charge in [0.1, 0.15) is 0 Å². The van der Waals surface area contributed by atoms with E-state index in [1.807, 2.05) is 48.5 Å². The predicted molar refractivity (Wildman–Crippen MR) is 90.4 cm³/mol. The number of carbonyl (C=O) groups is 1. The van der Waals surface area contributed by atoms with Crippen LogP contribution >= 0.6 is 11.6 Å². The molecule has 3 rings (SSSR count). The zero-order chi connectivity index (χ0) is 16.1. The Morgan fingerprint density at radius 1 is 1.09 bits per heavy atom. The number of halogens is 1. The second-order valence-electron chi connectivity index (χ2n) is 5.19. The number of hydrogen-bond donors (Lipinski definition) is 1. The van der Waals surface area contributed by atoms with Crippen LogP contribution < -0.4 is 5.32 Å². The average molecular weight is 326 g/mol. The summed E-state index contributed by atoms with van der Waals surface area (Å²) in [5.74, 6) is -0.163. The molecule has 1 amide bonds. The molecule has 0 aliphatic carbocycles. The Labute approximate surface area is 139 Å². The van der Waals surface area contributed by atoms with Crippen LogP contribution in [0.3, 0.4) is 0 Å². The molecule has 0 atom stereocenters. The molecule has 0 fully saturated rings. The highest BCUT2D eigenvalue weighted by Crippen LogP contribution is 2.14. The van der Waals surface area contributed by atoms with Gasteiger partial charge < -0.3 is 5.32 Å². The van der Waals surface area contributed by atoms with Crippen molar-refractivity contribution >= 4 is 17.5 Å². The standard InChI is InChI=1S/C18H16ClN3O/c19-17-9-5-4-8-15(17)10-20-18(23)16-11-21-22(13-16)12-14-6-2-1-3-7-14/h1-9,11,13H,10,12H2,(H,20,23). The van der Waals surface area contributed by atoms with Crippen molar-refractivity contribution in [3.63, 3.8) is 0 Å². The van der Waals surface area contributed by atoms with Gasteiger partial charge in [0.15, 0.2) is 0 Å². The van der Waals surface area contributed by atoms with Crippen LogP contribution in [-0.4, -0.2) is 15.7 Å². The van der Waals surface area contributed by atoms with E-state index in [1.54, 1.807) is 23.1 Å². The SMILES string of the molecule is O=C(NCc1ccccc1Cl)c1cnn(Cc2ccccc2)c1. The zero-order valence-electron chi connectivity index (χ0n) is 12.4. The molecule has 3 aromatic rings. The van der Waals surface area contributed by atoms with Crippen LogP contribution in [0.15, 0.2) is 67.0 Å². The molecule has 1 heterocycles. The molecular formula is C18H16ClN3O. The lowest BCUT2D eigenvalue weighted by Crippen LogP contribution is -2.22. The summed E-state index contributed by atoms with van der Waals surface area (Å²) >= 11 is 6.08. The summed E-state index contributed by atoms with van der Waals surface area (Å²) < 4.78 is 1.75. The van der Waals surface area contributed by atoms with Crippen LogP contribution in [0.2, 0.25) is 5.02 Å². The van der Waals surface area contributed by atoms with Gasteiger partial charge in [0.2, 0.25) is 0 Å². The first-order valence-corrected chi connectivity index (χ1v) is 7.68. The summed E-state index contributed by atoms with van der Waals surface area (Å²) in [6.45, 7) is 1.03. The Kier molecular flexibility index (Phi) is 4.74. The van der Waals surface area contributed by atoms with E-state index >= 15 is 0 Å². The predicted octanol–water partition coefficient (Wildman–Crippen LogP) is 3.51. The fourth-order valence-electron chi connectivity index (χ4n) is 2.26. The quantitative estimate of drug-likeness (QED) is 0.780. The normalized spacial score (nSPS) is 10.5. The van der Waals surface area contributed by atoms with E-state index < -0.39 is 0 Å². The van der Waals surface area contributed by atoms with Crippen molar-refractivity contribution in [2.24, 2.45) is 0 Å². The van der Waals surface area contributed by atoms with Crippen molar-refractivity contribution in [1.82, 2.24) is 15.1 Å². The molecule has 1 N–H and O–H groups in total. The molecule has 116 valence electrons. The molecule has 0 saturated carbocycles. The van der Waals surface area contributed by atoms with Gasteiger partial charge in [-0.15, -0.1) is 0 Å². The number of rotatable bonds is 5. The van der Waals surface area contributed by atoms with Crippen LogP contribution in [-0.2, 0) is 13.1 Å². The molecule has 2 aromatic carbocycles. The van der Waals surface area contributed by atoms with Crippen molar-refractivity contribution in [3.8, 4) is 0 Å². The van der Waals surface area contributed by atoms with Crippen molar-refractivity contribution in [2.75, 3.05) is 0 Å². The van der Waals surface area contributed by atoms with E-state index in [0.717, 1.165) is 11.1 Å². The lowest BCUT2D eigenvalue weighted by molar-refractivity contribution is 0.0951. The molecule has 1 aromatic heterocycles. The Bertz CT molecular complexity index is 799. The van der Waals surface area contributed by atoms with E-state index in [-0.39, 0.29) is 5.91 Å². The molecule has 0 bridgehead atoms. The van der Waals surface area contributed by atoms with Crippen LogP contribution in [0.5, 0.6) is 0 Å². The molecule has 0 aliphatic rings. The van der Waals surface area contributed by atoms with E-state index in [2.05, 4.69) is 10.4 Å². The first-order valence-electron chi connectivity index (χ1n) is 7.30. The first-order chi connectivity index (χ1) is 11.2. The second-order valence-corrected chi connectivity index (χ2v) is 5.59. The van der Waals surface area contributed by atoms with Crippen LogP contribution in [0, 0.1) is 0 Å². The van der Waals surface area contributed by atoms with Crippen molar-refractivity contribution < 1.29 is 4.79 Å². The minimum atomic E-state index is -0.163. The lowest BCUT2D eigenvalue weighted by Gasteiger charge is -2.05. The number of nitrogens with one attached hydrogen (secondary N) is 1. The van der Waals surface area contributed by atoms with Gasteiger partial charge in [-0.25, -0.2) is 0 Å². The fraction of sp³-hybridized carbons (Fsp3) is 0.111.